The summed E-state index contributed by atoms with van der Waals surface area (Å²) in [5.41, 5.74) is 5.39. The van der Waals surface area contributed by atoms with Gasteiger partial charge in [-0.3, -0.25) is 9.59 Å². The van der Waals surface area contributed by atoms with Gasteiger partial charge in [-0.2, -0.15) is 0 Å². The normalized spacial score (nSPS) is 11.6. The van der Waals surface area contributed by atoms with Crippen LogP contribution in [-0.4, -0.2) is 21.8 Å². The quantitative estimate of drug-likeness (QED) is 0.329. The minimum absolute atomic E-state index is 0.198. The first kappa shape index (κ1) is 21.2. The first-order valence-corrected chi connectivity index (χ1v) is 10.9. The van der Waals surface area contributed by atoms with E-state index in [1.54, 1.807) is 42.7 Å². The Morgan fingerprint density at radius 3 is 2.12 bits per heavy atom. The third-order valence-corrected chi connectivity index (χ3v) is 5.63. The SMILES string of the molecule is O=C(Nc1ccc(C(=O)NC(c2ccccc2)c2ccc3nc[nH]c3c2)cc1)c1ccccc1. The molecule has 0 saturated heterocycles. The summed E-state index contributed by atoms with van der Waals surface area (Å²) in [6.07, 6.45) is 1.66. The number of rotatable bonds is 6. The van der Waals surface area contributed by atoms with Gasteiger partial charge in [-0.1, -0.05) is 54.6 Å². The maximum atomic E-state index is 13.2. The standard InChI is InChI=1S/C28H22N4O2/c33-27(20-9-5-2-6-10-20)31-23-14-11-21(12-15-23)28(34)32-26(19-7-3-1-4-8-19)22-13-16-24-25(17-22)30-18-29-24/h1-18,26H,(H,29,30)(H,31,33)(H,32,34). The molecular formula is C28H22N4O2. The number of aromatic amines is 1. The van der Waals surface area contributed by atoms with Gasteiger partial charge in [0, 0.05) is 16.8 Å². The Kier molecular flexibility index (Phi) is 5.86. The zero-order chi connectivity index (χ0) is 23.3. The van der Waals surface area contributed by atoms with Crippen molar-refractivity contribution >= 4 is 28.5 Å². The molecule has 1 aromatic heterocycles. The summed E-state index contributed by atoms with van der Waals surface area (Å²) in [5, 5.41) is 6.00. The maximum Gasteiger partial charge on any atom is 0.255 e. The molecular weight excluding hydrogens is 424 g/mol. The monoisotopic (exact) mass is 446 g/mol. The summed E-state index contributed by atoms with van der Waals surface area (Å²) < 4.78 is 0. The Balaban J connectivity index is 1.35. The minimum Gasteiger partial charge on any atom is -0.345 e. The molecule has 1 atom stereocenters. The predicted molar refractivity (Wildman–Crippen MR) is 133 cm³/mol. The summed E-state index contributed by atoms with van der Waals surface area (Å²) in [5.74, 6) is -0.407. The number of imidazole rings is 1. The van der Waals surface area contributed by atoms with Crippen molar-refractivity contribution in [1.82, 2.24) is 15.3 Å². The summed E-state index contributed by atoms with van der Waals surface area (Å²) in [6.45, 7) is 0. The van der Waals surface area contributed by atoms with E-state index in [9.17, 15) is 9.59 Å². The average Bonchev–Trinajstić information content (AvgIpc) is 3.36. The third kappa shape index (κ3) is 4.56. The van der Waals surface area contributed by atoms with Gasteiger partial charge in [-0.15, -0.1) is 0 Å². The van der Waals surface area contributed by atoms with Gasteiger partial charge in [0.05, 0.1) is 23.4 Å². The van der Waals surface area contributed by atoms with Gasteiger partial charge >= 0.3 is 0 Å². The van der Waals surface area contributed by atoms with E-state index in [2.05, 4.69) is 20.6 Å². The zero-order valence-corrected chi connectivity index (χ0v) is 18.2. The van der Waals surface area contributed by atoms with E-state index in [1.807, 2.05) is 66.7 Å². The van der Waals surface area contributed by atoms with E-state index >= 15 is 0 Å². The van der Waals surface area contributed by atoms with Crippen molar-refractivity contribution in [3.05, 3.63) is 132 Å². The molecule has 0 saturated carbocycles. The van der Waals surface area contributed by atoms with Gasteiger partial charge in [0.15, 0.2) is 0 Å². The van der Waals surface area contributed by atoms with Crippen LogP contribution in [0.2, 0.25) is 0 Å². The Morgan fingerprint density at radius 2 is 1.38 bits per heavy atom. The van der Waals surface area contributed by atoms with Gasteiger partial charge < -0.3 is 15.6 Å². The lowest BCUT2D eigenvalue weighted by Crippen LogP contribution is -2.29. The Hall–Kier alpha value is -4.71. The number of hydrogen-bond acceptors (Lipinski definition) is 3. The van der Waals surface area contributed by atoms with Crippen LogP contribution in [0.4, 0.5) is 5.69 Å². The summed E-state index contributed by atoms with van der Waals surface area (Å²) in [7, 11) is 0. The summed E-state index contributed by atoms with van der Waals surface area (Å²) >= 11 is 0. The number of carbonyl (C=O) groups excluding carboxylic acids is 2. The number of fused-ring (bicyclic) bond motifs is 1. The molecule has 5 rings (SSSR count). The molecule has 1 heterocycles. The molecule has 5 aromatic rings. The molecule has 0 aliphatic carbocycles. The van der Waals surface area contributed by atoms with Crippen LogP contribution in [-0.2, 0) is 0 Å². The van der Waals surface area contributed by atoms with Crippen molar-refractivity contribution in [2.45, 2.75) is 6.04 Å². The molecule has 6 heteroatoms. The molecule has 3 N–H and O–H groups in total. The van der Waals surface area contributed by atoms with E-state index in [4.69, 9.17) is 0 Å². The second-order valence-corrected chi connectivity index (χ2v) is 7.89. The largest absolute Gasteiger partial charge is 0.345 e. The molecule has 4 aromatic carbocycles. The lowest BCUT2D eigenvalue weighted by molar-refractivity contribution is 0.0942. The number of nitrogens with one attached hydrogen (secondary N) is 3. The smallest absolute Gasteiger partial charge is 0.255 e. The average molecular weight is 447 g/mol. The summed E-state index contributed by atoms with van der Waals surface area (Å²) in [6, 6.07) is 31.3. The molecule has 0 aliphatic rings. The van der Waals surface area contributed by atoms with Crippen LogP contribution < -0.4 is 10.6 Å². The number of benzene rings is 4. The number of hydrogen-bond donors (Lipinski definition) is 3. The van der Waals surface area contributed by atoms with Crippen LogP contribution in [0, 0.1) is 0 Å². The van der Waals surface area contributed by atoms with Gasteiger partial charge in [0.25, 0.3) is 11.8 Å². The fraction of sp³-hybridized carbons (Fsp3) is 0.0357. The number of amides is 2. The molecule has 0 radical (unpaired) electrons. The van der Waals surface area contributed by atoms with E-state index in [-0.39, 0.29) is 17.9 Å². The number of aromatic nitrogens is 2. The van der Waals surface area contributed by atoms with Crippen LogP contribution in [0.1, 0.15) is 37.9 Å². The van der Waals surface area contributed by atoms with Gasteiger partial charge in [0.2, 0.25) is 0 Å². The molecule has 34 heavy (non-hydrogen) atoms. The highest BCUT2D eigenvalue weighted by atomic mass is 16.2. The third-order valence-electron chi connectivity index (χ3n) is 5.63. The van der Waals surface area contributed by atoms with Crippen LogP contribution >= 0.6 is 0 Å². The van der Waals surface area contributed by atoms with Crippen LogP contribution in [0.5, 0.6) is 0 Å². The first-order valence-electron chi connectivity index (χ1n) is 10.9. The maximum absolute atomic E-state index is 13.2. The highest BCUT2D eigenvalue weighted by molar-refractivity contribution is 6.04. The highest BCUT2D eigenvalue weighted by Crippen LogP contribution is 2.25. The lowest BCUT2D eigenvalue weighted by atomic mass is 9.97. The van der Waals surface area contributed by atoms with Crippen molar-refractivity contribution in [2.75, 3.05) is 5.32 Å². The zero-order valence-electron chi connectivity index (χ0n) is 18.2. The fourth-order valence-electron chi connectivity index (χ4n) is 3.85. The number of H-pyrrole nitrogens is 1. The van der Waals surface area contributed by atoms with Crippen LogP contribution in [0.15, 0.2) is 109 Å². The lowest BCUT2D eigenvalue weighted by Gasteiger charge is -2.20. The highest BCUT2D eigenvalue weighted by Gasteiger charge is 2.19. The number of anilines is 1. The minimum atomic E-state index is -0.334. The van der Waals surface area contributed by atoms with Gasteiger partial charge in [-0.25, -0.2) is 4.98 Å². The van der Waals surface area contributed by atoms with E-state index in [0.29, 0.717) is 16.8 Å². The van der Waals surface area contributed by atoms with E-state index in [1.165, 1.54) is 0 Å². The number of carbonyl (C=O) groups is 2. The second-order valence-electron chi connectivity index (χ2n) is 7.89. The van der Waals surface area contributed by atoms with Crippen molar-refractivity contribution in [3.8, 4) is 0 Å². The van der Waals surface area contributed by atoms with Crippen LogP contribution in [0.25, 0.3) is 11.0 Å². The molecule has 1 unspecified atom stereocenters. The van der Waals surface area contributed by atoms with Crippen molar-refractivity contribution < 1.29 is 9.59 Å². The fourth-order valence-corrected chi connectivity index (χ4v) is 3.85. The van der Waals surface area contributed by atoms with Crippen LogP contribution in [0.3, 0.4) is 0 Å². The van der Waals surface area contributed by atoms with E-state index < -0.39 is 0 Å². The second kappa shape index (κ2) is 9.42. The van der Waals surface area contributed by atoms with Crippen molar-refractivity contribution in [3.63, 3.8) is 0 Å². The molecule has 0 bridgehead atoms. The van der Waals surface area contributed by atoms with Crippen molar-refractivity contribution in [1.29, 1.82) is 0 Å². The molecule has 166 valence electrons. The molecule has 6 nitrogen and oxygen atoms in total. The van der Waals surface area contributed by atoms with E-state index in [0.717, 1.165) is 22.2 Å². The van der Waals surface area contributed by atoms with Gasteiger partial charge in [-0.05, 0) is 59.7 Å². The Labute approximate surface area is 196 Å². The predicted octanol–water partition coefficient (Wildman–Crippen LogP) is 5.33. The molecule has 2 amide bonds. The Morgan fingerprint density at radius 1 is 0.706 bits per heavy atom. The first-order chi connectivity index (χ1) is 16.7. The number of nitrogens with zero attached hydrogens (tertiary/aromatic N) is 1. The molecule has 0 aliphatic heterocycles. The summed E-state index contributed by atoms with van der Waals surface area (Å²) in [4.78, 5) is 32.9. The van der Waals surface area contributed by atoms with Gasteiger partial charge in [0.1, 0.15) is 0 Å². The van der Waals surface area contributed by atoms with Crippen molar-refractivity contribution in [2.24, 2.45) is 0 Å². The molecule has 0 spiro atoms. The Bertz CT molecular complexity index is 1430. The topological polar surface area (TPSA) is 86.9 Å². The molecule has 0 fully saturated rings.